The van der Waals surface area contributed by atoms with Crippen molar-refractivity contribution in [2.75, 3.05) is 0 Å². The predicted molar refractivity (Wildman–Crippen MR) is 85.9 cm³/mol. The Hall–Kier alpha value is -0.280. The van der Waals surface area contributed by atoms with E-state index in [4.69, 9.17) is 5.73 Å². The molecule has 3 nitrogen and oxygen atoms in total. The van der Waals surface area contributed by atoms with Gasteiger partial charge < -0.3 is 11.1 Å². The maximum atomic E-state index is 12.2. The summed E-state index contributed by atoms with van der Waals surface area (Å²) in [5.74, 6) is 1.98. The molecule has 2 unspecified atom stereocenters. The molecule has 0 aromatic heterocycles. The number of hydrogen-bond acceptors (Lipinski definition) is 2. The van der Waals surface area contributed by atoms with Crippen molar-refractivity contribution in [3.05, 3.63) is 0 Å². The second-order valence-corrected chi connectivity index (χ2v) is 6.93. The Kier molecular flexibility index (Phi) is 7.32. The van der Waals surface area contributed by atoms with Crippen LogP contribution in [0.25, 0.3) is 0 Å². The minimum absolute atomic E-state index is 0. The van der Waals surface area contributed by atoms with E-state index in [1.807, 2.05) is 0 Å². The SMILES string of the molecule is CC(C)C1CCCCC1NC(=O)C[C@@H]1CCC[C@H]1N.Cl. The van der Waals surface area contributed by atoms with E-state index in [1.165, 1.54) is 25.7 Å². The lowest BCUT2D eigenvalue weighted by molar-refractivity contribution is -0.123. The molecule has 4 heteroatoms. The van der Waals surface area contributed by atoms with E-state index in [0.717, 1.165) is 19.3 Å². The maximum Gasteiger partial charge on any atom is 0.220 e. The number of carbonyl (C=O) groups excluding carboxylic acids is 1. The van der Waals surface area contributed by atoms with Gasteiger partial charge in [-0.15, -0.1) is 12.4 Å². The summed E-state index contributed by atoms with van der Waals surface area (Å²) in [7, 11) is 0. The zero-order valence-electron chi connectivity index (χ0n) is 12.9. The fourth-order valence-electron chi connectivity index (χ4n) is 3.96. The molecule has 3 N–H and O–H groups in total. The second kappa shape index (κ2) is 8.23. The molecule has 0 aromatic rings. The molecule has 2 rings (SSSR count). The average Bonchev–Trinajstić information content (AvgIpc) is 2.75. The van der Waals surface area contributed by atoms with Crippen LogP contribution in [0.15, 0.2) is 0 Å². The van der Waals surface area contributed by atoms with Gasteiger partial charge in [0.05, 0.1) is 0 Å². The summed E-state index contributed by atoms with van der Waals surface area (Å²) >= 11 is 0. The Morgan fingerprint density at radius 2 is 1.85 bits per heavy atom. The van der Waals surface area contributed by atoms with E-state index in [2.05, 4.69) is 19.2 Å². The first-order valence-corrected chi connectivity index (χ1v) is 8.13. The Morgan fingerprint density at radius 3 is 2.45 bits per heavy atom. The molecule has 2 saturated carbocycles. The van der Waals surface area contributed by atoms with E-state index < -0.39 is 0 Å². The Balaban J connectivity index is 0.00000200. The highest BCUT2D eigenvalue weighted by atomic mass is 35.5. The Bertz CT molecular complexity index is 309. The van der Waals surface area contributed by atoms with Crippen LogP contribution in [0.2, 0.25) is 0 Å². The van der Waals surface area contributed by atoms with Crippen LogP contribution in [0.4, 0.5) is 0 Å². The first-order valence-electron chi connectivity index (χ1n) is 8.13. The molecule has 0 bridgehead atoms. The molecule has 0 aliphatic heterocycles. The highest BCUT2D eigenvalue weighted by Gasteiger charge is 2.31. The van der Waals surface area contributed by atoms with Crippen LogP contribution in [0.5, 0.6) is 0 Å². The number of nitrogens with two attached hydrogens (primary N) is 1. The molecule has 118 valence electrons. The number of amides is 1. The van der Waals surface area contributed by atoms with Crippen molar-refractivity contribution < 1.29 is 4.79 Å². The van der Waals surface area contributed by atoms with E-state index in [1.54, 1.807) is 0 Å². The normalized spacial score (nSPS) is 33.8. The fourth-order valence-corrected chi connectivity index (χ4v) is 3.96. The van der Waals surface area contributed by atoms with Crippen molar-refractivity contribution in [2.45, 2.75) is 77.3 Å². The summed E-state index contributed by atoms with van der Waals surface area (Å²) in [6.07, 6.45) is 9.07. The van der Waals surface area contributed by atoms with Gasteiger partial charge in [0.25, 0.3) is 0 Å². The van der Waals surface area contributed by atoms with Crippen LogP contribution in [0.3, 0.4) is 0 Å². The van der Waals surface area contributed by atoms with Crippen molar-refractivity contribution in [3.63, 3.8) is 0 Å². The molecule has 0 radical (unpaired) electrons. The van der Waals surface area contributed by atoms with Gasteiger partial charge in [0, 0.05) is 18.5 Å². The van der Waals surface area contributed by atoms with Crippen LogP contribution in [-0.4, -0.2) is 18.0 Å². The highest BCUT2D eigenvalue weighted by molar-refractivity contribution is 5.85. The number of halogens is 1. The topological polar surface area (TPSA) is 55.1 Å². The minimum Gasteiger partial charge on any atom is -0.353 e. The van der Waals surface area contributed by atoms with Gasteiger partial charge in [-0.1, -0.05) is 33.1 Å². The molecule has 1 amide bonds. The second-order valence-electron chi connectivity index (χ2n) is 6.93. The van der Waals surface area contributed by atoms with Gasteiger partial charge in [-0.3, -0.25) is 4.79 Å². The Morgan fingerprint density at radius 1 is 1.15 bits per heavy atom. The van der Waals surface area contributed by atoms with Crippen molar-refractivity contribution in [2.24, 2.45) is 23.5 Å². The summed E-state index contributed by atoms with van der Waals surface area (Å²) in [5, 5.41) is 3.30. The first kappa shape index (κ1) is 17.8. The average molecular weight is 303 g/mol. The zero-order valence-corrected chi connectivity index (χ0v) is 13.8. The monoisotopic (exact) mass is 302 g/mol. The summed E-state index contributed by atoms with van der Waals surface area (Å²) in [4.78, 5) is 12.2. The summed E-state index contributed by atoms with van der Waals surface area (Å²) in [5.41, 5.74) is 6.06. The molecule has 20 heavy (non-hydrogen) atoms. The summed E-state index contributed by atoms with van der Waals surface area (Å²) < 4.78 is 0. The Labute approximate surface area is 129 Å². The maximum absolute atomic E-state index is 12.2. The van der Waals surface area contributed by atoms with Gasteiger partial charge in [0.2, 0.25) is 5.91 Å². The van der Waals surface area contributed by atoms with E-state index in [0.29, 0.717) is 30.2 Å². The predicted octanol–water partition coefficient (Wildman–Crippen LogP) is 3.26. The molecule has 2 aliphatic carbocycles. The molecule has 0 aromatic carbocycles. The first-order chi connectivity index (χ1) is 9.08. The van der Waals surface area contributed by atoms with Crippen LogP contribution >= 0.6 is 12.4 Å². The van der Waals surface area contributed by atoms with Gasteiger partial charge >= 0.3 is 0 Å². The fraction of sp³-hybridized carbons (Fsp3) is 0.938. The van der Waals surface area contributed by atoms with Gasteiger partial charge in [-0.2, -0.15) is 0 Å². The van der Waals surface area contributed by atoms with Crippen molar-refractivity contribution in [3.8, 4) is 0 Å². The third kappa shape index (κ3) is 4.63. The highest BCUT2D eigenvalue weighted by Crippen LogP contribution is 2.31. The van der Waals surface area contributed by atoms with Crippen molar-refractivity contribution in [1.29, 1.82) is 0 Å². The standard InChI is InChI=1S/C16H30N2O.ClH/c1-11(2)13-7-3-4-9-15(13)18-16(19)10-12-6-5-8-14(12)17;/h11-15H,3-10,17H2,1-2H3,(H,18,19);1H/t12-,13?,14+,15?;/m0./s1. The molecule has 0 saturated heterocycles. The summed E-state index contributed by atoms with van der Waals surface area (Å²) in [6, 6.07) is 0.650. The van der Waals surface area contributed by atoms with Crippen LogP contribution in [-0.2, 0) is 4.79 Å². The third-order valence-corrected chi connectivity index (χ3v) is 5.19. The van der Waals surface area contributed by atoms with Crippen LogP contribution in [0, 0.1) is 17.8 Å². The number of carbonyl (C=O) groups is 1. The number of rotatable bonds is 4. The van der Waals surface area contributed by atoms with Gasteiger partial charge in [-0.25, -0.2) is 0 Å². The molecule has 2 fully saturated rings. The quantitative estimate of drug-likeness (QED) is 0.837. The van der Waals surface area contributed by atoms with Crippen LogP contribution in [0.1, 0.15) is 65.2 Å². The molecule has 0 spiro atoms. The molecular formula is C16H31ClN2O. The van der Waals surface area contributed by atoms with E-state index >= 15 is 0 Å². The van der Waals surface area contributed by atoms with Crippen molar-refractivity contribution >= 4 is 18.3 Å². The lowest BCUT2D eigenvalue weighted by Gasteiger charge is -2.35. The smallest absolute Gasteiger partial charge is 0.220 e. The van der Waals surface area contributed by atoms with E-state index in [9.17, 15) is 4.79 Å². The van der Waals surface area contributed by atoms with Crippen molar-refractivity contribution in [1.82, 2.24) is 5.32 Å². The molecule has 2 aliphatic rings. The van der Waals surface area contributed by atoms with E-state index in [-0.39, 0.29) is 24.4 Å². The van der Waals surface area contributed by atoms with Gasteiger partial charge in [0.15, 0.2) is 0 Å². The largest absolute Gasteiger partial charge is 0.353 e. The summed E-state index contributed by atoms with van der Waals surface area (Å²) in [6.45, 7) is 4.56. The van der Waals surface area contributed by atoms with Crippen LogP contribution < -0.4 is 11.1 Å². The van der Waals surface area contributed by atoms with Gasteiger partial charge in [0.1, 0.15) is 0 Å². The van der Waals surface area contributed by atoms with Gasteiger partial charge in [-0.05, 0) is 43.4 Å². The molecule has 4 atom stereocenters. The molecular weight excluding hydrogens is 272 g/mol. The lowest BCUT2D eigenvalue weighted by Crippen LogP contribution is -2.45. The lowest BCUT2D eigenvalue weighted by atomic mass is 9.77. The number of nitrogens with one attached hydrogen (secondary N) is 1. The third-order valence-electron chi connectivity index (χ3n) is 5.19. The molecule has 0 heterocycles. The minimum atomic E-state index is 0. The number of hydrogen-bond donors (Lipinski definition) is 2. The zero-order chi connectivity index (χ0) is 13.8.